The zero-order valence-electron chi connectivity index (χ0n) is 9.27. The van der Waals surface area contributed by atoms with Crippen LogP contribution in [0.1, 0.15) is 26.6 Å². The second-order valence-electron chi connectivity index (χ2n) is 4.04. The van der Waals surface area contributed by atoms with E-state index in [-0.39, 0.29) is 0 Å². The van der Waals surface area contributed by atoms with Gasteiger partial charge in [0.1, 0.15) is 5.82 Å². The molecule has 0 radical (unpaired) electrons. The van der Waals surface area contributed by atoms with E-state index < -0.39 is 0 Å². The summed E-state index contributed by atoms with van der Waals surface area (Å²) in [4.78, 5) is 4.32. The Morgan fingerprint density at radius 3 is 2.71 bits per heavy atom. The van der Waals surface area contributed by atoms with Crippen LogP contribution in [-0.2, 0) is 13.0 Å². The number of aryl methyl sites for hydroxylation is 1. The van der Waals surface area contributed by atoms with Gasteiger partial charge >= 0.3 is 0 Å². The third-order valence-corrected chi connectivity index (χ3v) is 3.20. The highest BCUT2D eigenvalue weighted by atomic mass is 32.1. The lowest BCUT2D eigenvalue weighted by molar-refractivity contribution is 0.367. The molecule has 0 spiro atoms. The molecule has 1 rings (SSSR count). The molecule has 2 nitrogen and oxygen atoms in total. The molecule has 3 heteroatoms. The van der Waals surface area contributed by atoms with E-state index in [2.05, 4.69) is 49.1 Å². The van der Waals surface area contributed by atoms with Crippen LogP contribution < -0.4 is 0 Å². The van der Waals surface area contributed by atoms with Gasteiger partial charge in [0.15, 0.2) is 0 Å². The average Bonchev–Trinajstić information content (AvgIpc) is 2.60. The van der Waals surface area contributed by atoms with Crippen LogP contribution in [0.3, 0.4) is 0 Å². The Bertz CT molecular complexity index is 268. The Morgan fingerprint density at radius 2 is 2.21 bits per heavy atom. The van der Waals surface area contributed by atoms with E-state index in [9.17, 15) is 0 Å². The van der Waals surface area contributed by atoms with Crippen molar-refractivity contribution in [2.24, 2.45) is 11.8 Å². The van der Waals surface area contributed by atoms with Crippen LogP contribution in [0.4, 0.5) is 0 Å². The van der Waals surface area contributed by atoms with Crippen molar-refractivity contribution in [2.45, 2.75) is 33.7 Å². The van der Waals surface area contributed by atoms with Gasteiger partial charge in [-0.2, -0.15) is 12.6 Å². The lowest BCUT2D eigenvalue weighted by Gasteiger charge is -2.20. The minimum atomic E-state index is 0.637. The first-order valence-corrected chi connectivity index (χ1v) is 5.93. The molecule has 1 aromatic rings. The molecule has 0 aliphatic rings. The summed E-state index contributed by atoms with van der Waals surface area (Å²) < 4.78 is 2.25. The van der Waals surface area contributed by atoms with Crippen molar-refractivity contribution in [3.05, 3.63) is 18.2 Å². The zero-order valence-corrected chi connectivity index (χ0v) is 10.2. The number of nitrogens with zero attached hydrogens (tertiary/aromatic N) is 2. The predicted octanol–water partition coefficient (Wildman–Crippen LogP) is 2.65. The molecule has 0 saturated heterocycles. The number of hydrogen-bond donors (Lipinski definition) is 1. The fourth-order valence-corrected chi connectivity index (χ4v) is 2.09. The standard InChI is InChI=1S/C11H20N2S/c1-4-11-12-5-6-13(11)7-10(8-14)9(2)3/h5-6,9-10,14H,4,7-8H2,1-3H3. The third-order valence-electron chi connectivity index (χ3n) is 2.73. The monoisotopic (exact) mass is 212 g/mol. The van der Waals surface area contributed by atoms with Crippen molar-refractivity contribution in [3.8, 4) is 0 Å². The Hall–Kier alpha value is -0.440. The van der Waals surface area contributed by atoms with Crippen molar-refractivity contribution in [2.75, 3.05) is 5.75 Å². The molecule has 1 aromatic heterocycles. The van der Waals surface area contributed by atoms with Gasteiger partial charge in [-0.1, -0.05) is 20.8 Å². The van der Waals surface area contributed by atoms with Gasteiger partial charge in [-0.05, 0) is 17.6 Å². The molecule has 1 heterocycles. The Balaban J connectivity index is 2.66. The molecular formula is C11H20N2S. The quantitative estimate of drug-likeness (QED) is 0.743. The Morgan fingerprint density at radius 1 is 1.50 bits per heavy atom. The van der Waals surface area contributed by atoms with Crippen LogP contribution in [-0.4, -0.2) is 15.3 Å². The highest BCUT2D eigenvalue weighted by Gasteiger charge is 2.13. The molecule has 0 aliphatic heterocycles. The Kier molecular flexibility index (Phi) is 4.52. The van der Waals surface area contributed by atoms with Crippen LogP contribution >= 0.6 is 12.6 Å². The number of imidazole rings is 1. The number of aromatic nitrogens is 2. The van der Waals surface area contributed by atoms with Gasteiger partial charge in [0.05, 0.1) is 0 Å². The fourth-order valence-electron chi connectivity index (χ4n) is 1.55. The second-order valence-corrected chi connectivity index (χ2v) is 4.40. The smallest absolute Gasteiger partial charge is 0.108 e. The lowest BCUT2D eigenvalue weighted by Crippen LogP contribution is -2.19. The van der Waals surface area contributed by atoms with Gasteiger partial charge in [0.2, 0.25) is 0 Å². The van der Waals surface area contributed by atoms with Crippen molar-refractivity contribution in [1.29, 1.82) is 0 Å². The summed E-state index contributed by atoms with van der Waals surface area (Å²) in [5, 5.41) is 0. The van der Waals surface area contributed by atoms with Crippen molar-refractivity contribution in [3.63, 3.8) is 0 Å². The molecule has 80 valence electrons. The lowest BCUT2D eigenvalue weighted by atomic mass is 9.98. The molecule has 1 atom stereocenters. The highest BCUT2D eigenvalue weighted by molar-refractivity contribution is 7.80. The van der Waals surface area contributed by atoms with Crippen molar-refractivity contribution < 1.29 is 0 Å². The molecule has 0 fully saturated rings. The van der Waals surface area contributed by atoms with E-state index in [1.165, 1.54) is 5.82 Å². The van der Waals surface area contributed by atoms with Gasteiger partial charge in [0.25, 0.3) is 0 Å². The number of hydrogen-bond acceptors (Lipinski definition) is 2. The van der Waals surface area contributed by atoms with Gasteiger partial charge < -0.3 is 4.57 Å². The molecule has 0 aliphatic carbocycles. The van der Waals surface area contributed by atoms with Crippen molar-refractivity contribution in [1.82, 2.24) is 9.55 Å². The van der Waals surface area contributed by atoms with Gasteiger partial charge in [0, 0.05) is 25.4 Å². The van der Waals surface area contributed by atoms with Gasteiger partial charge in [-0.15, -0.1) is 0 Å². The maximum absolute atomic E-state index is 4.40. The van der Waals surface area contributed by atoms with E-state index in [0.29, 0.717) is 11.8 Å². The first-order chi connectivity index (χ1) is 6.69. The summed E-state index contributed by atoms with van der Waals surface area (Å²) in [6.45, 7) is 7.70. The van der Waals surface area contributed by atoms with Crippen LogP contribution in [0.2, 0.25) is 0 Å². The molecule has 0 bridgehead atoms. The van der Waals surface area contributed by atoms with E-state index in [4.69, 9.17) is 0 Å². The minimum absolute atomic E-state index is 0.637. The maximum atomic E-state index is 4.40. The van der Waals surface area contributed by atoms with E-state index >= 15 is 0 Å². The molecule has 1 unspecified atom stereocenters. The van der Waals surface area contributed by atoms with Gasteiger partial charge in [-0.25, -0.2) is 4.98 Å². The first kappa shape index (κ1) is 11.6. The summed E-state index contributed by atoms with van der Waals surface area (Å²) in [7, 11) is 0. The molecule has 0 amide bonds. The van der Waals surface area contributed by atoms with Crippen LogP contribution in [0.5, 0.6) is 0 Å². The number of thiol groups is 1. The first-order valence-electron chi connectivity index (χ1n) is 5.29. The average molecular weight is 212 g/mol. The molecule has 14 heavy (non-hydrogen) atoms. The largest absolute Gasteiger partial charge is 0.335 e. The second kappa shape index (κ2) is 5.44. The summed E-state index contributed by atoms with van der Waals surface area (Å²) in [6, 6.07) is 0. The highest BCUT2D eigenvalue weighted by Crippen LogP contribution is 2.16. The molecular weight excluding hydrogens is 192 g/mol. The SMILES string of the molecule is CCc1nccn1CC(CS)C(C)C. The molecule has 0 saturated carbocycles. The van der Waals surface area contributed by atoms with E-state index in [1.807, 2.05) is 6.20 Å². The predicted molar refractivity (Wildman–Crippen MR) is 63.8 cm³/mol. The normalized spacial score (nSPS) is 13.5. The summed E-state index contributed by atoms with van der Waals surface area (Å²) in [6.07, 6.45) is 4.96. The van der Waals surface area contributed by atoms with Crippen LogP contribution in [0.15, 0.2) is 12.4 Å². The van der Waals surface area contributed by atoms with Crippen molar-refractivity contribution >= 4 is 12.6 Å². The number of rotatable bonds is 5. The topological polar surface area (TPSA) is 17.8 Å². The zero-order chi connectivity index (χ0) is 10.6. The summed E-state index contributed by atoms with van der Waals surface area (Å²) >= 11 is 4.40. The maximum Gasteiger partial charge on any atom is 0.108 e. The fraction of sp³-hybridized carbons (Fsp3) is 0.727. The van der Waals surface area contributed by atoms with E-state index in [1.54, 1.807) is 0 Å². The van der Waals surface area contributed by atoms with Crippen LogP contribution in [0.25, 0.3) is 0 Å². The van der Waals surface area contributed by atoms with E-state index in [0.717, 1.165) is 18.7 Å². The Labute approximate surface area is 92.1 Å². The summed E-state index contributed by atoms with van der Waals surface area (Å²) in [5.74, 6) is 3.44. The summed E-state index contributed by atoms with van der Waals surface area (Å²) in [5.41, 5.74) is 0. The van der Waals surface area contributed by atoms with Gasteiger partial charge in [-0.3, -0.25) is 0 Å². The minimum Gasteiger partial charge on any atom is -0.335 e. The third kappa shape index (κ3) is 2.77. The van der Waals surface area contributed by atoms with Crippen LogP contribution in [0, 0.1) is 11.8 Å². The molecule has 0 N–H and O–H groups in total. The molecule has 0 aromatic carbocycles.